The van der Waals surface area contributed by atoms with Gasteiger partial charge in [-0.05, 0) is 12.8 Å². The van der Waals surface area contributed by atoms with E-state index in [1.54, 1.807) is 0 Å². The Kier molecular flexibility index (Phi) is 32.4. The van der Waals surface area contributed by atoms with Gasteiger partial charge in [0, 0.05) is 37.6 Å². The second-order valence-electron chi connectivity index (χ2n) is 6.87. The van der Waals surface area contributed by atoms with Gasteiger partial charge in [0.25, 0.3) is 0 Å². The number of carboxylic acid groups (broad SMARTS) is 2. The SMILES string of the molecule is CCCCC(=O)CC(=O)[O-].CCCCC(=O)CC(=O)[O-].CCCC[O][Sn+2][O]CCCC. The van der Waals surface area contributed by atoms with Crippen molar-refractivity contribution < 1.29 is 35.5 Å². The number of hydrogen-bond donors (Lipinski definition) is 0. The molecule has 0 amide bonds. The summed E-state index contributed by atoms with van der Waals surface area (Å²) in [5.74, 6) is -3.02. The van der Waals surface area contributed by atoms with Crippen LogP contribution in [0.15, 0.2) is 0 Å². The van der Waals surface area contributed by atoms with Gasteiger partial charge in [-0.2, -0.15) is 0 Å². The number of unbranched alkanes of at least 4 members (excludes halogenated alkanes) is 4. The monoisotopic (exact) mass is 552 g/mol. The molecule has 0 rings (SSSR count). The molecule has 0 aliphatic heterocycles. The zero-order chi connectivity index (χ0) is 24.3. The summed E-state index contributed by atoms with van der Waals surface area (Å²) in [5.41, 5.74) is 0. The van der Waals surface area contributed by atoms with Gasteiger partial charge in [-0.15, -0.1) is 0 Å². The van der Waals surface area contributed by atoms with Crippen molar-refractivity contribution in [1.29, 1.82) is 0 Å². The summed E-state index contributed by atoms with van der Waals surface area (Å²) in [6.45, 7) is 10.1. The number of ketones is 2. The zero-order valence-electron chi connectivity index (χ0n) is 19.7. The van der Waals surface area contributed by atoms with Crippen LogP contribution in [0.4, 0.5) is 0 Å². The van der Waals surface area contributed by atoms with Gasteiger partial charge in [-0.25, -0.2) is 0 Å². The molecular formula is C22H40O8Sn. The molecule has 0 saturated carbocycles. The molecule has 0 atom stereocenters. The quantitative estimate of drug-likeness (QED) is 0.143. The number of carbonyl (C=O) groups excluding carboxylic acids is 4. The van der Waals surface area contributed by atoms with Crippen LogP contribution >= 0.6 is 0 Å². The molecule has 0 heterocycles. The van der Waals surface area contributed by atoms with Gasteiger partial charge in [-0.3, -0.25) is 9.59 Å². The van der Waals surface area contributed by atoms with Crippen molar-refractivity contribution in [3.8, 4) is 0 Å². The standard InChI is InChI=1S/2C7H12O3.2C4H9O.Sn/c2*1-2-3-4-6(8)5-7(9)10;2*1-2-3-4-5;/h2*2-5H2,1H3,(H,9,10);2*2-4H2,1H3;/q;;2*-1;+4/p-2. The van der Waals surface area contributed by atoms with Gasteiger partial charge in [0.2, 0.25) is 0 Å². The second kappa shape index (κ2) is 29.0. The average Bonchev–Trinajstić information content (AvgIpc) is 2.70. The first kappa shape index (κ1) is 34.6. The van der Waals surface area contributed by atoms with Crippen LogP contribution in [0.1, 0.15) is 105 Å². The van der Waals surface area contributed by atoms with Crippen molar-refractivity contribution in [1.82, 2.24) is 0 Å². The van der Waals surface area contributed by atoms with Crippen molar-refractivity contribution in [3.63, 3.8) is 0 Å². The maximum absolute atomic E-state index is 10.6. The summed E-state index contributed by atoms with van der Waals surface area (Å²) in [6.07, 6.45) is 8.03. The summed E-state index contributed by atoms with van der Waals surface area (Å²) in [4.78, 5) is 40.9. The predicted molar refractivity (Wildman–Crippen MR) is 116 cm³/mol. The first-order chi connectivity index (χ1) is 14.7. The van der Waals surface area contributed by atoms with Gasteiger partial charge in [-0.1, -0.05) is 26.7 Å². The van der Waals surface area contributed by atoms with E-state index in [2.05, 4.69) is 13.8 Å². The van der Waals surface area contributed by atoms with Crippen molar-refractivity contribution in [2.75, 3.05) is 13.2 Å². The molecule has 0 aliphatic carbocycles. The van der Waals surface area contributed by atoms with Crippen LogP contribution < -0.4 is 10.2 Å². The minimum absolute atomic E-state index is 0.234. The van der Waals surface area contributed by atoms with Crippen molar-refractivity contribution in [2.45, 2.75) is 105 Å². The molecule has 0 spiro atoms. The summed E-state index contributed by atoms with van der Waals surface area (Å²) in [6, 6.07) is 0. The van der Waals surface area contributed by atoms with E-state index in [1.165, 1.54) is 25.7 Å². The number of Topliss-reactive ketones (excluding diaryl/α,β-unsaturated/α-hetero) is 2. The third kappa shape index (κ3) is 40.0. The third-order valence-corrected chi connectivity index (χ3v) is 5.46. The normalized spacial score (nSPS) is 9.42. The molecule has 0 unspecified atom stereocenters. The molecule has 0 aromatic heterocycles. The van der Waals surface area contributed by atoms with Crippen LogP contribution in [0.5, 0.6) is 0 Å². The van der Waals surface area contributed by atoms with Crippen LogP contribution in [0.25, 0.3) is 0 Å². The first-order valence-electron chi connectivity index (χ1n) is 11.2. The van der Waals surface area contributed by atoms with Gasteiger partial charge in [0.15, 0.2) is 0 Å². The Morgan fingerprint density at radius 3 is 1.19 bits per heavy atom. The number of aliphatic carboxylic acids is 2. The Hall–Kier alpha value is -1.00. The average molecular weight is 551 g/mol. The molecule has 0 radical (unpaired) electrons. The Bertz CT molecular complexity index is 415. The van der Waals surface area contributed by atoms with Crippen molar-refractivity contribution in [3.05, 3.63) is 0 Å². The van der Waals surface area contributed by atoms with Crippen LogP contribution in [0.3, 0.4) is 0 Å². The second-order valence-corrected chi connectivity index (χ2v) is 8.99. The Balaban J connectivity index is -0.000000380. The Morgan fingerprint density at radius 2 is 0.935 bits per heavy atom. The molecule has 0 bridgehead atoms. The molecule has 31 heavy (non-hydrogen) atoms. The number of carbonyl (C=O) groups is 4. The zero-order valence-corrected chi connectivity index (χ0v) is 22.5. The van der Waals surface area contributed by atoms with Gasteiger partial charge < -0.3 is 19.8 Å². The molecule has 0 saturated heterocycles. The van der Waals surface area contributed by atoms with Crippen LogP contribution in [-0.4, -0.2) is 58.7 Å². The summed E-state index contributed by atoms with van der Waals surface area (Å²) >= 11 is -0.876. The summed E-state index contributed by atoms with van der Waals surface area (Å²) in [7, 11) is 0. The van der Waals surface area contributed by atoms with Crippen molar-refractivity contribution in [2.24, 2.45) is 0 Å². The molecule has 8 nitrogen and oxygen atoms in total. The van der Waals surface area contributed by atoms with E-state index >= 15 is 0 Å². The predicted octanol–water partition coefficient (Wildman–Crippen LogP) is 1.93. The Labute approximate surface area is 198 Å². The summed E-state index contributed by atoms with van der Waals surface area (Å²) < 4.78 is 10.7. The van der Waals surface area contributed by atoms with E-state index in [4.69, 9.17) is 6.15 Å². The molecule has 0 aliphatic rings. The van der Waals surface area contributed by atoms with Crippen molar-refractivity contribution >= 4 is 45.5 Å². The molecule has 0 fully saturated rings. The molecule has 180 valence electrons. The van der Waals surface area contributed by atoms with Gasteiger partial charge in [0.05, 0.1) is 0 Å². The number of hydrogen-bond acceptors (Lipinski definition) is 8. The van der Waals surface area contributed by atoms with E-state index < -0.39 is 46.8 Å². The number of carboxylic acids is 2. The van der Waals surface area contributed by atoms with Crippen LogP contribution in [0, 0.1) is 0 Å². The van der Waals surface area contributed by atoms with Crippen LogP contribution in [0.2, 0.25) is 0 Å². The van der Waals surface area contributed by atoms with E-state index in [9.17, 15) is 29.4 Å². The fraction of sp³-hybridized carbons (Fsp3) is 0.818. The molecule has 0 N–H and O–H groups in total. The number of rotatable bonds is 18. The van der Waals surface area contributed by atoms with E-state index in [0.29, 0.717) is 12.8 Å². The van der Waals surface area contributed by atoms with E-state index in [0.717, 1.165) is 38.9 Å². The molecule has 9 heteroatoms. The Morgan fingerprint density at radius 1 is 0.613 bits per heavy atom. The van der Waals surface area contributed by atoms with E-state index in [-0.39, 0.29) is 11.6 Å². The van der Waals surface area contributed by atoms with E-state index in [1.807, 2.05) is 13.8 Å². The molecule has 0 aromatic carbocycles. The summed E-state index contributed by atoms with van der Waals surface area (Å²) in [5, 5.41) is 19.7. The molecular weight excluding hydrogens is 511 g/mol. The van der Waals surface area contributed by atoms with Crippen LogP contribution in [-0.2, 0) is 25.3 Å². The molecule has 0 aromatic rings. The van der Waals surface area contributed by atoms with Gasteiger partial charge in [0.1, 0.15) is 11.6 Å². The first-order valence-corrected chi connectivity index (χ1v) is 13.5. The maximum atomic E-state index is 10.6. The topological polar surface area (TPSA) is 133 Å². The fourth-order valence-electron chi connectivity index (χ4n) is 1.80. The third-order valence-electron chi connectivity index (χ3n) is 3.62. The van der Waals surface area contributed by atoms with Gasteiger partial charge >= 0.3 is 80.9 Å². The fourth-order valence-corrected chi connectivity index (χ4v) is 3.34. The minimum atomic E-state index is -1.28.